The molecule has 0 unspecified atom stereocenters. The summed E-state index contributed by atoms with van der Waals surface area (Å²) < 4.78 is 3.65. The molecule has 0 spiro atoms. The zero-order valence-electron chi connectivity index (χ0n) is 17.4. The zero-order chi connectivity index (χ0) is 22.1. The van der Waals surface area contributed by atoms with Gasteiger partial charge in [-0.2, -0.15) is 0 Å². The minimum Gasteiger partial charge on any atom is -0.283 e. The number of carbonyl (C=O) groups excluding carboxylic acids is 1. The van der Waals surface area contributed by atoms with E-state index in [0.717, 1.165) is 16.8 Å². The minimum absolute atomic E-state index is 0.276. The molecule has 0 aliphatic carbocycles. The molecule has 4 rings (SSSR count). The van der Waals surface area contributed by atoms with Gasteiger partial charge in [-0.3, -0.25) is 19.2 Å². The monoisotopic (exact) mass is 447 g/mol. The highest BCUT2D eigenvalue weighted by Crippen LogP contribution is 2.36. The predicted molar refractivity (Wildman–Crippen MR) is 132 cm³/mol. The summed E-state index contributed by atoms with van der Waals surface area (Å²) in [5.74, 6) is -0.276. The third-order valence-electron chi connectivity index (χ3n) is 5.09. The van der Waals surface area contributed by atoms with E-state index in [1.807, 2.05) is 86.7 Å². The lowest BCUT2D eigenvalue weighted by atomic mass is 10.1. The van der Waals surface area contributed by atoms with Crippen LogP contribution < -0.4 is 10.5 Å². The van der Waals surface area contributed by atoms with Crippen LogP contribution in [-0.4, -0.2) is 19.6 Å². The number of anilines is 1. The molecule has 1 aromatic heterocycles. The van der Waals surface area contributed by atoms with Crippen LogP contribution >= 0.6 is 24.0 Å². The minimum atomic E-state index is -0.278. The third-order valence-corrected chi connectivity index (χ3v) is 6.40. The molecule has 0 saturated carbocycles. The Balaban J connectivity index is 1.72. The lowest BCUT2D eigenvalue weighted by Crippen LogP contribution is -2.33. The standard InChI is InChI=1S/C24H21N3O2S2/c1-16(14-18-10-6-4-7-11-18)15-20-22(28)26(24(30)31-20)21-17(2)25(3)27(23(21)29)19-12-8-5-9-13-19/h4-15H,1-3H3. The van der Waals surface area contributed by atoms with Crippen LogP contribution in [0.3, 0.4) is 0 Å². The number of rotatable bonds is 4. The maximum Gasteiger partial charge on any atom is 0.296 e. The number of aromatic nitrogens is 2. The van der Waals surface area contributed by atoms with Crippen LogP contribution in [0.5, 0.6) is 0 Å². The molecule has 0 atom stereocenters. The van der Waals surface area contributed by atoms with Crippen LogP contribution in [0.4, 0.5) is 5.69 Å². The number of thiocarbonyl (C=S) groups is 1. The second-order valence-electron chi connectivity index (χ2n) is 7.23. The Morgan fingerprint density at radius 1 is 1.00 bits per heavy atom. The second kappa shape index (κ2) is 8.53. The molecule has 7 heteroatoms. The van der Waals surface area contributed by atoms with Crippen molar-refractivity contribution in [2.45, 2.75) is 13.8 Å². The number of hydrogen-bond donors (Lipinski definition) is 0. The van der Waals surface area contributed by atoms with Crippen molar-refractivity contribution in [3.05, 3.63) is 98.8 Å². The molecule has 1 aliphatic rings. The van der Waals surface area contributed by atoms with E-state index in [9.17, 15) is 9.59 Å². The normalized spacial score (nSPS) is 15.9. The fraction of sp³-hybridized carbons (Fsp3) is 0.125. The van der Waals surface area contributed by atoms with Crippen molar-refractivity contribution in [1.29, 1.82) is 0 Å². The van der Waals surface area contributed by atoms with E-state index in [0.29, 0.717) is 20.6 Å². The van der Waals surface area contributed by atoms with Gasteiger partial charge in [0.05, 0.1) is 16.3 Å². The molecule has 0 N–H and O–H groups in total. The lowest BCUT2D eigenvalue weighted by molar-refractivity contribution is -0.113. The van der Waals surface area contributed by atoms with Crippen LogP contribution in [0, 0.1) is 6.92 Å². The molecule has 0 radical (unpaired) electrons. The number of allylic oxidation sites excluding steroid dienone is 2. The van der Waals surface area contributed by atoms with E-state index in [1.54, 1.807) is 16.4 Å². The molecule has 0 bridgehead atoms. The summed E-state index contributed by atoms with van der Waals surface area (Å²) >= 11 is 6.71. The number of benzene rings is 2. The van der Waals surface area contributed by atoms with Gasteiger partial charge in [0.15, 0.2) is 4.32 Å². The number of hydrogen-bond acceptors (Lipinski definition) is 4. The van der Waals surface area contributed by atoms with Crippen molar-refractivity contribution < 1.29 is 4.79 Å². The van der Waals surface area contributed by atoms with Crippen LogP contribution in [0.2, 0.25) is 0 Å². The topological polar surface area (TPSA) is 47.2 Å². The van der Waals surface area contributed by atoms with Crippen molar-refractivity contribution in [2.75, 3.05) is 4.90 Å². The smallest absolute Gasteiger partial charge is 0.283 e. The van der Waals surface area contributed by atoms with E-state index < -0.39 is 0 Å². The molecule has 156 valence electrons. The van der Waals surface area contributed by atoms with Crippen molar-refractivity contribution >= 4 is 46.0 Å². The van der Waals surface area contributed by atoms with E-state index in [1.165, 1.54) is 16.7 Å². The molecule has 5 nitrogen and oxygen atoms in total. The maximum atomic E-state index is 13.3. The number of thioether (sulfide) groups is 1. The first-order valence-electron chi connectivity index (χ1n) is 9.74. The molecule has 1 saturated heterocycles. The Kier molecular flexibility index (Phi) is 5.80. The summed E-state index contributed by atoms with van der Waals surface area (Å²) in [5, 5.41) is 0. The van der Waals surface area contributed by atoms with Crippen molar-refractivity contribution in [1.82, 2.24) is 9.36 Å². The molecule has 1 aliphatic heterocycles. The van der Waals surface area contributed by atoms with Crippen LogP contribution in [-0.2, 0) is 11.8 Å². The second-order valence-corrected chi connectivity index (χ2v) is 8.90. The van der Waals surface area contributed by atoms with E-state index in [2.05, 4.69) is 0 Å². The summed E-state index contributed by atoms with van der Waals surface area (Å²) in [6.45, 7) is 3.76. The van der Waals surface area contributed by atoms with Gasteiger partial charge in [-0.05, 0) is 43.2 Å². The molecule has 1 fully saturated rings. The first-order chi connectivity index (χ1) is 14.9. The molecule has 31 heavy (non-hydrogen) atoms. The highest BCUT2D eigenvalue weighted by atomic mass is 32.2. The fourth-order valence-electron chi connectivity index (χ4n) is 3.53. The Labute approximate surface area is 190 Å². The van der Waals surface area contributed by atoms with Gasteiger partial charge in [0.2, 0.25) is 0 Å². The number of carbonyl (C=O) groups is 1. The lowest BCUT2D eigenvalue weighted by Gasteiger charge is -2.12. The molecular weight excluding hydrogens is 426 g/mol. The Bertz CT molecular complexity index is 1290. The van der Waals surface area contributed by atoms with Crippen LogP contribution in [0.1, 0.15) is 18.2 Å². The van der Waals surface area contributed by atoms with E-state index in [-0.39, 0.29) is 11.5 Å². The highest BCUT2D eigenvalue weighted by Gasteiger charge is 2.37. The summed E-state index contributed by atoms with van der Waals surface area (Å²) in [6.07, 6.45) is 3.82. The van der Waals surface area contributed by atoms with Gasteiger partial charge in [0.25, 0.3) is 11.5 Å². The third kappa shape index (κ3) is 3.94. The van der Waals surface area contributed by atoms with Gasteiger partial charge in [-0.15, -0.1) is 0 Å². The zero-order valence-corrected chi connectivity index (χ0v) is 19.0. The van der Waals surface area contributed by atoms with Gasteiger partial charge in [0, 0.05) is 7.05 Å². The van der Waals surface area contributed by atoms with Crippen molar-refractivity contribution in [3.63, 3.8) is 0 Å². The van der Waals surface area contributed by atoms with Crippen molar-refractivity contribution in [2.24, 2.45) is 7.05 Å². The van der Waals surface area contributed by atoms with Gasteiger partial charge < -0.3 is 0 Å². The largest absolute Gasteiger partial charge is 0.296 e. The van der Waals surface area contributed by atoms with Gasteiger partial charge in [-0.25, -0.2) is 4.68 Å². The quantitative estimate of drug-likeness (QED) is 0.424. The van der Waals surface area contributed by atoms with E-state index >= 15 is 0 Å². The highest BCUT2D eigenvalue weighted by molar-refractivity contribution is 8.27. The number of nitrogens with zero attached hydrogens (tertiary/aromatic N) is 3. The predicted octanol–water partition coefficient (Wildman–Crippen LogP) is 4.84. The Hall–Kier alpha value is -3.16. The summed E-state index contributed by atoms with van der Waals surface area (Å²) in [4.78, 5) is 28.4. The maximum absolute atomic E-state index is 13.3. The van der Waals surface area contributed by atoms with Gasteiger partial charge >= 0.3 is 0 Å². The molecular formula is C24H21N3O2S2. The first kappa shape index (κ1) is 21.1. The Morgan fingerprint density at radius 2 is 1.61 bits per heavy atom. The van der Waals surface area contributed by atoms with Crippen molar-refractivity contribution in [3.8, 4) is 5.69 Å². The Morgan fingerprint density at radius 3 is 2.26 bits per heavy atom. The first-order valence-corrected chi connectivity index (χ1v) is 11.0. The summed E-state index contributed by atoms with van der Waals surface area (Å²) in [7, 11) is 1.80. The average molecular weight is 448 g/mol. The SMILES string of the molecule is CC(=Cc1ccccc1)C=C1SC(=S)N(c2c(C)n(C)n(-c3ccccc3)c2=O)C1=O. The number of amides is 1. The summed E-state index contributed by atoms with van der Waals surface area (Å²) in [6, 6.07) is 19.2. The van der Waals surface area contributed by atoms with Crippen LogP contribution in [0.25, 0.3) is 11.8 Å². The van der Waals surface area contributed by atoms with E-state index in [4.69, 9.17) is 12.2 Å². The average Bonchev–Trinajstić information content (AvgIpc) is 3.14. The molecule has 2 heterocycles. The molecule has 2 aromatic carbocycles. The fourth-order valence-corrected chi connectivity index (χ4v) is 4.85. The van der Waals surface area contributed by atoms with Crippen LogP contribution in [0.15, 0.2) is 82.0 Å². The molecule has 1 amide bonds. The summed E-state index contributed by atoms with van der Waals surface area (Å²) in [5.41, 5.74) is 3.40. The molecule has 3 aromatic rings. The van der Waals surface area contributed by atoms with Gasteiger partial charge in [0.1, 0.15) is 5.69 Å². The van der Waals surface area contributed by atoms with Gasteiger partial charge in [-0.1, -0.05) is 78.6 Å². The number of para-hydroxylation sites is 1.